The van der Waals surface area contributed by atoms with E-state index in [0.717, 1.165) is 11.4 Å². The van der Waals surface area contributed by atoms with Crippen LogP contribution in [-0.4, -0.2) is 28.7 Å². The van der Waals surface area contributed by atoms with Crippen LogP contribution in [0.2, 0.25) is 0 Å². The largest absolute Gasteiger partial charge is 0.467 e. The van der Waals surface area contributed by atoms with Gasteiger partial charge in [0, 0.05) is 17.5 Å². The lowest BCUT2D eigenvalue weighted by molar-refractivity contribution is -0.142. The molecule has 1 aromatic heterocycles. The van der Waals surface area contributed by atoms with Gasteiger partial charge in [-0.05, 0) is 35.6 Å². The lowest BCUT2D eigenvalue weighted by Gasteiger charge is -2.24. The van der Waals surface area contributed by atoms with Crippen molar-refractivity contribution in [3.8, 4) is 0 Å². The number of hydrogen-bond acceptors (Lipinski definition) is 6. The quantitative estimate of drug-likeness (QED) is 0.808. The molecule has 0 amide bonds. The fraction of sp³-hybridized carbons (Fsp3) is 0.357. The van der Waals surface area contributed by atoms with Crippen molar-refractivity contribution < 1.29 is 9.53 Å². The van der Waals surface area contributed by atoms with Crippen LogP contribution < -0.4 is 4.90 Å². The molecule has 20 heavy (non-hydrogen) atoms. The summed E-state index contributed by atoms with van der Waals surface area (Å²) in [7, 11) is 1.43. The molecule has 0 aliphatic carbocycles. The number of benzene rings is 1. The second kappa shape index (κ2) is 5.20. The molecule has 0 saturated carbocycles. The Kier molecular flexibility index (Phi) is 3.40. The average Bonchev–Trinajstić information content (AvgIpc) is 3.08. The summed E-state index contributed by atoms with van der Waals surface area (Å²) in [4.78, 5) is 14.1. The Hall–Kier alpha value is -1.95. The summed E-state index contributed by atoms with van der Waals surface area (Å²) in [6, 6.07) is 5.85. The van der Waals surface area contributed by atoms with Gasteiger partial charge in [0.1, 0.15) is 6.04 Å². The highest BCUT2D eigenvalue weighted by Crippen LogP contribution is 2.35. The maximum Gasteiger partial charge on any atom is 0.328 e. The molecule has 1 aromatic carbocycles. The van der Waals surface area contributed by atoms with Crippen LogP contribution in [0, 0.1) is 6.92 Å². The molecular formula is C14H15N3O2S. The van der Waals surface area contributed by atoms with Gasteiger partial charge in [-0.3, -0.25) is 0 Å². The molecule has 0 unspecified atom stereocenters. The number of fused-ring (bicyclic) bond motifs is 1. The first kappa shape index (κ1) is 13.1. The summed E-state index contributed by atoms with van der Waals surface area (Å²) in [5.74, 6) is -0.205. The second-order valence-corrected chi connectivity index (χ2v) is 5.45. The smallest absolute Gasteiger partial charge is 0.328 e. The predicted molar refractivity (Wildman–Crippen MR) is 76.8 cm³/mol. The monoisotopic (exact) mass is 289 g/mol. The van der Waals surface area contributed by atoms with Crippen LogP contribution in [0.3, 0.4) is 0 Å². The summed E-state index contributed by atoms with van der Waals surface area (Å²) < 4.78 is 8.82. The topological polar surface area (TPSA) is 55.3 Å². The SMILES string of the molecule is COC(=O)[C@@H]1Cc2c(C)cccc2N1Cc1csnn1. The van der Waals surface area contributed by atoms with Crippen molar-refractivity contribution in [2.24, 2.45) is 0 Å². The van der Waals surface area contributed by atoms with Crippen molar-refractivity contribution in [3.05, 3.63) is 40.4 Å². The van der Waals surface area contributed by atoms with Crippen molar-refractivity contribution in [2.45, 2.75) is 25.9 Å². The molecule has 5 nitrogen and oxygen atoms in total. The molecule has 6 heteroatoms. The summed E-state index contributed by atoms with van der Waals surface area (Å²) in [5.41, 5.74) is 4.38. The lowest BCUT2D eigenvalue weighted by atomic mass is 10.0. The first-order valence-corrected chi connectivity index (χ1v) is 7.23. The Morgan fingerprint density at radius 2 is 2.40 bits per heavy atom. The Morgan fingerprint density at radius 1 is 1.55 bits per heavy atom. The van der Waals surface area contributed by atoms with Gasteiger partial charge in [-0.25, -0.2) is 4.79 Å². The van der Waals surface area contributed by atoms with Gasteiger partial charge in [0.2, 0.25) is 0 Å². The number of methoxy groups -OCH3 is 1. The van der Waals surface area contributed by atoms with E-state index in [0.29, 0.717) is 13.0 Å². The number of carbonyl (C=O) groups is 1. The number of aromatic nitrogens is 2. The van der Waals surface area contributed by atoms with E-state index in [1.165, 1.54) is 29.8 Å². The van der Waals surface area contributed by atoms with Crippen molar-refractivity contribution in [3.63, 3.8) is 0 Å². The van der Waals surface area contributed by atoms with Crippen molar-refractivity contribution in [1.29, 1.82) is 0 Å². The zero-order valence-corrected chi connectivity index (χ0v) is 12.2. The molecule has 2 aromatic rings. The first-order valence-electron chi connectivity index (χ1n) is 6.39. The predicted octanol–water partition coefficient (Wildman–Crippen LogP) is 1.95. The van der Waals surface area contributed by atoms with E-state index < -0.39 is 0 Å². The zero-order valence-electron chi connectivity index (χ0n) is 11.4. The minimum atomic E-state index is -0.280. The van der Waals surface area contributed by atoms with E-state index in [9.17, 15) is 4.79 Å². The Labute approximate surface area is 121 Å². The van der Waals surface area contributed by atoms with Crippen LogP contribution in [0.1, 0.15) is 16.8 Å². The highest BCUT2D eigenvalue weighted by molar-refractivity contribution is 7.03. The minimum absolute atomic E-state index is 0.205. The van der Waals surface area contributed by atoms with Crippen LogP contribution in [0.5, 0.6) is 0 Å². The molecule has 0 radical (unpaired) electrons. The number of carbonyl (C=O) groups excluding carboxylic acids is 1. The highest BCUT2D eigenvalue weighted by atomic mass is 32.1. The summed E-state index contributed by atoms with van der Waals surface area (Å²) in [5, 5.41) is 5.97. The maximum atomic E-state index is 12.0. The molecule has 1 aliphatic heterocycles. The molecule has 0 spiro atoms. The molecule has 1 aliphatic rings. The van der Waals surface area contributed by atoms with Gasteiger partial charge in [0.05, 0.1) is 19.3 Å². The third kappa shape index (κ3) is 2.16. The van der Waals surface area contributed by atoms with Gasteiger partial charge in [0.15, 0.2) is 0 Å². The number of ether oxygens (including phenoxy) is 1. The Bertz CT molecular complexity index is 627. The van der Waals surface area contributed by atoms with Gasteiger partial charge in [0.25, 0.3) is 0 Å². The third-order valence-corrected chi connectivity index (χ3v) is 4.23. The van der Waals surface area contributed by atoms with Gasteiger partial charge in [-0.2, -0.15) is 0 Å². The van der Waals surface area contributed by atoms with Crippen LogP contribution >= 0.6 is 11.5 Å². The summed E-state index contributed by atoms with van der Waals surface area (Å²) in [6.45, 7) is 2.65. The van der Waals surface area contributed by atoms with Crippen molar-refractivity contribution in [2.75, 3.05) is 12.0 Å². The van der Waals surface area contributed by atoms with Gasteiger partial charge >= 0.3 is 5.97 Å². The summed E-state index contributed by atoms with van der Waals surface area (Å²) in [6.07, 6.45) is 0.687. The number of nitrogens with zero attached hydrogens (tertiary/aromatic N) is 3. The molecule has 0 saturated heterocycles. The third-order valence-electron chi connectivity index (χ3n) is 3.68. The minimum Gasteiger partial charge on any atom is -0.467 e. The normalized spacial score (nSPS) is 17.1. The zero-order chi connectivity index (χ0) is 14.1. The van der Waals surface area contributed by atoms with E-state index in [-0.39, 0.29) is 12.0 Å². The average molecular weight is 289 g/mol. The molecule has 3 rings (SSSR count). The fourth-order valence-electron chi connectivity index (χ4n) is 2.66. The van der Waals surface area contributed by atoms with E-state index in [1.807, 2.05) is 17.5 Å². The van der Waals surface area contributed by atoms with Crippen LogP contribution in [0.15, 0.2) is 23.6 Å². The van der Waals surface area contributed by atoms with Gasteiger partial charge in [-0.1, -0.05) is 16.6 Å². The molecule has 0 bridgehead atoms. The number of anilines is 1. The highest BCUT2D eigenvalue weighted by Gasteiger charge is 2.36. The van der Waals surface area contributed by atoms with Crippen LogP contribution in [0.25, 0.3) is 0 Å². The fourth-order valence-corrected chi connectivity index (χ4v) is 3.10. The Morgan fingerprint density at radius 3 is 3.10 bits per heavy atom. The van der Waals surface area contributed by atoms with Crippen molar-refractivity contribution in [1.82, 2.24) is 9.59 Å². The number of hydrogen-bond donors (Lipinski definition) is 0. The van der Waals surface area contributed by atoms with E-state index in [2.05, 4.69) is 27.5 Å². The standard InChI is InChI=1S/C14H15N3O2S/c1-9-4-3-5-12-11(9)6-13(14(18)19-2)17(12)7-10-8-20-16-15-10/h3-5,8,13H,6-7H2,1-2H3/t13-/m0/s1. The molecule has 104 valence electrons. The molecular weight excluding hydrogens is 274 g/mol. The molecule has 0 fully saturated rings. The molecule has 2 heterocycles. The van der Waals surface area contributed by atoms with Crippen molar-refractivity contribution >= 4 is 23.2 Å². The number of esters is 1. The second-order valence-electron chi connectivity index (χ2n) is 4.84. The van der Waals surface area contributed by atoms with Crippen LogP contribution in [-0.2, 0) is 22.5 Å². The maximum absolute atomic E-state index is 12.0. The van der Waals surface area contributed by atoms with E-state index in [4.69, 9.17) is 4.74 Å². The number of aryl methyl sites for hydroxylation is 1. The molecule has 1 atom stereocenters. The molecule has 0 N–H and O–H groups in total. The van der Waals surface area contributed by atoms with Gasteiger partial charge in [-0.15, -0.1) is 5.10 Å². The first-order chi connectivity index (χ1) is 9.70. The van der Waals surface area contributed by atoms with Gasteiger partial charge < -0.3 is 9.64 Å². The van der Waals surface area contributed by atoms with E-state index in [1.54, 1.807) is 0 Å². The van der Waals surface area contributed by atoms with E-state index >= 15 is 0 Å². The van der Waals surface area contributed by atoms with Crippen LogP contribution in [0.4, 0.5) is 5.69 Å². The summed E-state index contributed by atoms with van der Waals surface area (Å²) >= 11 is 1.32. The lowest BCUT2D eigenvalue weighted by Crippen LogP contribution is -2.39. The Balaban J connectivity index is 1.98. The number of rotatable bonds is 3.